The molecule has 1 fully saturated rings. The van der Waals surface area contributed by atoms with Gasteiger partial charge in [-0.3, -0.25) is 9.59 Å². The molecule has 0 bridgehead atoms. The van der Waals surface area contributed by atoms with Crippen LogP contribution in [0.15, 0.2) is 30.3 Å². The number of nitrogens with zero attached hydrogens (tertiary/aromatic N) is 1. The van der Waals surface area contributed by atoms with E-state index in [2.05, 4.69) is 0 Å². The van der Waals surface area contributed by atoms with Gasteiger partial charge in [-0.1, -0.05) is 29.8 Å². The van der Waals surface area contributed by atoms with Crippen molar-refractivity contribution < 1.29 is 19.4 Å². The van der Waals surface area contributed by atoms with E-state index in [1.54, 1.807) is 17.0 Å². The first-order chi connectivity index (χ1) is 10.1. The van der Waals surface area contributed by atoms with Gasteiger partial charge in [-0.25, -0.2) is 0 Å². The van der Waals surface area contributed by atoms with E-state index in [9.17, 15) is 9.59 Å². The van der Waals surface area contributed by atoms with Crippen molar-refractivity contribution in [3.8, 4) is 0 Å². The van der Waals surface area contributed by atoms with Crippen molar-refractivity contribution in [1.82, 2.24) is 4.90 Å². The van der Waals surface area contributed by atoms with Crippen molar-refractivity contribution in [3.05, 3.63) is 40.9 Å². The van der Waals surface area contributed by atoms with Gasteiger partial charge in [-0.15, -0.1) is 0 Å². The minimum atomic E-state index is -0.930. The number of halogens is 1. The van der Waals surface area contributed by atoms with Crippen LogP contribution in [0, 0.1) is 0 Å². The van der Waals surface area contributed by atoms with E-state index in [1.807, 2.05) is 18.2 Å². The van der Waals surface area contributed by atoms with E-state index < -0.39 is 12.1 Å². The zero-order chi connectivity index (χ0) is 15.2. The smallest absolute Gasteiger partial charge is 0.306 e. The predicted molar refractivity (Wildman–Crippen MR) is 79.1 cm³/mol. The molecule has 1 atom stereocenters. The van der Waals surface area contributed by atoms with Gasteiger partial charge in [-0.05, 0) is 17.7 Å². The first kappa shape index (κ1) is 15.5. The number of carbonyl (C=O) groups excluding carboxylic acids is 1. The zero-order valence-corrected chi connectivity index (χ0v) is 12.1. The molecule has 1 unspecified atom stereocenters. The van der Waals surface area contributed by atoms with Crippen LogP contribution in [0.4, 0.5) is 0 Å². The third-order valence-corrected chi connectivity index (χ3v) is 3.51. The predicted octanol–water partition coefficient (Wildman–Crippen LogP) is 2.06. The summed E-state index contributed by atoms with van der Waals surface area (Å²) < 4.78 is 5.33. The Bertz CT molecular complexity index is 558. The maximum Gasteiger partial charge on any atom is 0.306 e. The molecule has 1 heterocycles. The highest BCUT2D eigenvalue weighted by atomic mass is 35.5. The molecule has 5 nitrogen and oxygen atoms in total. The van der Waals surface area contributed by atoms with Crippen LogP contribution in [0.5, 0.6) is 0 Å². The van der Waals surface area contributed by atoms with E-state index in [1.165, 1.54) is 6.08 Å². The molecule has 112 valence electrons. The van der Waals surface area contributed by atoms with Gasteiger partial charge in [0.25, 0.3) is 0 Å². The van der Waals surface area contributed by atoms with Crippen molar-refractivity contribution >= 4 is 29.6 Å². The fraction of sp³-hybridized carbons (Fsp3) is 0.333. The average Bonchev–Trinajstić information content (AvgIpc) is 2.45. The normalized spacial score (nSPS) is 18.9. The number of carboxylic acid groups (broad SMARTS) is 1. The van der Waals surface area contributed by atoms with E-state index in [-0.39, 0.29) is 18.9 Å². The molecule has 6 heteroatoms. The highest BCUT2D eigenvalue weighted by Crippen LogP contribution is 2.17. The number of ether oxygens (including phenoxy) is 1. The van der Waals surface area contributed by atoms with E-state index in [4.69, 9.17) is 21.4 Å². The van der Waals surface area contributed by atoms with E-state index >= 15 is 0 Å². The summed E-state index contributed by atoms with van der Waals surface area (Å²) in [6.45, 7) is 1.10. The topological polar surface area (TPSA) is 66.8 Å². The molecular weight excluding hydrogens is 294 g/mol. The first-order valence-corrected chi connectivity index (χ1v) is 6.99. The van der Waals surface area contributed by atoms with Crippen LogP contribution in [0.25, 0.3) is 6.08 Å². The van der Waals surface area contributed by atoms with Crippen LogP contribution >= 0.6 is 11.6 Å². The van der Waals surface area contributed by atoms with Crippen LogP contribution in [-0.4, -0.2) is 47.7 Å². The summed E-state index contributed by atoms with van der Waals surface area (Å²) in [6.07, 6.45) is 2.56. The van der Waals surface area contributed by atoms with Gasteiger partial charge in [0, 0.05) is 24.2 Å². The fourth-order valence-corrected chi connectivity index (χ4v) is 2.31. The van der Waals surface area contributed by atoms with Crippen molar-refractivity contribution in [2.45, 2.75) is 12.5 Å². The van der Waals surface area contributed by atoms with Crippen LogP contribution < -0.4 is 0 Å². The summed E-state index contributed by atoms with van der Waals surface area (Å²) in [5.41, 5.74) is 0.767. The summed E-state index contributed by atoms with van der Waals surface area (Å²) in [4.78, 5) is 24.4. The lowest BCUT2D eigenvalue weighted by Gasteiger charge is -2.31. The first-order valence-electron chi connectivity index (χ1n) is 6.61. The number of aliphatic carboxylic acids is 1. The van der Waals surface area contributed by atoms with Crippen LogP contribution in [0.3, 0.4) is 0 Å². The number of morpholine rings is 1. The molecule has 0 spiro atoms. The number of carboxylic acids is 1. The Morgan fingerprint density at radius 1 is 1.43 bits per heavy atom. The summed E-state index contributed by atoms with van der Waals surface area (Å²) in [5, 5.41) is 9.34. The minimum absolute atomic E-state index is 0.0992. The van der Waals surface area contributed by atoms with Gasteiger partial charge >= 0.3 is 5.97 Å². The Balaban J connectivity index is 1.96. The van der Waals surface area contributed by atoms with Crippen molar-refractivity contribution in [2.75, 3.05) is 19.7 Å². The molecule has 1 aliphatic rings. The third kappa shape index (κ3) is 4.58. The quantitative estimate of drug-likeness (QED) is 0.865. The largest absolute Gasteiger partial charge is 0.481 e. The summed E-state index contributed by atoms with van der Waals surface area (Å²) >= 11 is 6.01. The second-order valence-corrected chi connectivity index (χ2v) is 5.14. The van der Waals surface area contributed by atoms with Gasteiger partial charge < -0.3 is 14.7 Å². The molecular formula is C15H16ClNO4. The molecule has 21 heavy (non-hydrogen) atoms. The Hall–Kier alpha value is -1.85. The molecule has 1 aliphatic heterocycles. The Morgan fingerprint density at radius 2 is 2.19 bits per heavy atom. The molecule has 1 saturated heterocycles. The number of carbonyl (C=O) groups is 2. The highest BCUT2D eigenvalue weighted by Gasteiger charge is 2.24. The number of rotatable bonds is 4. The molecule has 1 amide bonds. The average molecular weight is 310 g/mol. The SMILES string of the molecule is O=C(O)CC1CN(C(=O)/C=C/c2ccccc2Cl)CCO1. The summed E-state index contributed by atoms with van der Waals surface area (Å²) in [6, 6.07) is 7.23. The molecule has 1 aromatic carbocycles. The Morgan fingerprint density at radius 3 is 2.90 bits per heavy atom. The van der Waals surface area contributed by atoms with Gasteiger partial charge in [-0.2, -0.15) is 0 Å². The molecule has 0 radical (unpaired) electrons. The van der Waals surface area contributed by atoms with Crippen LogP contribution in [0.2, 0.25) is 5.02 Å². The molecule has 0 aliphatic carbocycles. The monoisotopic (exact) mass is 309 g/mol. The zero-order valence-electron chi connectivity index (χ0n) is 11.4. The maximum atomic E-state index is 12.1. The number of amides is 1. The minimum Gasteiger partial charge on any atom is -0.481 e. The van der Waals surface area contributed by atoms with Crippen molar-refractivity contribution in [1.29, 1.82) is 0 Å². The van der Waals surface area contributed by atoms with E-state index in [0.29, 0.717) is 18.2 Å². The standard InChI is InChI=1S/C15H16ClNO4/c16-13-4-2-1-3-11(13)5-6-14(18)17-7-8-21-12(10-17)9-15(19)20/h1-6,12H,7-10H2,(H,19,20)/b6-5+. The number of benzene rings is 1. The third-order valence-electron chi connectivity index (χ3n) is 3.16. The molecule has 2 rings (SSSR count). The molecule has 0 aromatic heterocycles. The van der Waals surface area contributed by atoms with Gasteiger partial charge in [0.1, 0.15) is 0 Å². The second kappa shape index (κ2) is 7.24. The second-order valence-electron chi connectivity index (χ2n) is 4.73. The maximum absolute atomic E-state index is 12.1. The molecule has 1 aromatic rings. The molecule has 1 N–H and O–H groups in total. The van der Waals surface area contributed by atoms with Crippen molar-refractivity contribution in [2.24, 2.45) is 0 Å². The number of hydrogen-bond acceptors (Lipinski definition) is 3. The van der Waals surface area contributed by atoms with Crippen LogP contribution in [0.1, 0.15) is 12.0 Å². The van der Waals surface area contributed by atoms with Gasteiger partial charge in [0.2, 0.25) is 5.91 Å². The Labute approximate surface area is 127 Å². The summed E-state index contributed by atoms with van der Waals surface area (Å²) in [7, 11) is 0. The van der Waals surface area contributed by atoms with Crippen molar-refractivity contribution in [3.63, 3.8) is 0 Å². The lowest BCUT2D eigenvalue weighted by atomic mass is 10.2. The lowest BCUT2D eigenvalue weighted by molar-refractivity contribution is -0.145. The van der Waals surface area contributed by atoms with Crippen LogP contribution in [-0.2, 0) is 14.3 Å². The Kier molecular flexibility index (Phi) is 5.36. The number of hydrogen-bond donors (Lipinski definition) is 1. The molecule has 0 saturated carbocycles. The summed E-state index contributed by atoms with van der Waals surface area (Å²) in [5.74, 6) is -1.10. The van der Waals surface area contributed by atoms with E-state index in [0.717, 1.165) is 5.56 Å². The van der Waals surface area contributed by atoms with Gasteiger partial charge in [0.15, 0.2) is 0 Å². The fourth-order valence-electron chi connectivity index (χ4n) is 2.11. The lowest BCUT2D eigenvalue weighted by Crippen LogP contribution is -2.45. The highest BCUT2D eigenvalue weighted by molar-refractivity contribution is 6.32. The van der Waals surface area contributed by atoms with Gasteiger partial charge in [0.05, 0.1) is 19.1 Å².